The Bertz CT molecular complexity index is 1070. The largest absolute Gasteiger partial charge is 0.578 e. The third-order valence-corrected chi connectivity index (χ3v) is 8.17. The predicted molar refractivity (Wildman–Crippen MR) is 137 cm³/mol. The fourth-order valence-corrected chi connectivity index (χ4v) is 6.05. The summed E-state index contributed by atoms with van der Waals surface area (Å²) in [6.45, 7) is 6.73. The van der Waals surface area contributed by atoms with Gasteiger partial charge in [-0.05, 0) is 88.4 Å². The Kier molecular flexibility index (Phi) is 6.12. The fourth-order valence-electron chi connectivity index (χ4n) is 6.05. The molecule has 4 N–H and O–H groups in total. The molecule has 0 amide bonds. The summed E-state index contributed by atoms with van der Waals surface area (Å²) in [6.07, 6.45) is 10.8. The molecule has 0 bridgehead atoms. The van der Waals surface area contributed by atoms with Crippen LogP contribution in [-0.4, -0.2) is 47.5 Å². The maximum Gasteiger partial charge on any atom is 0.369 e. The molecule has 6 heteroatoms. The average molecular weight is 449 g/mol. The van der Waals surface area contributed by atoms with Crippen molar-refractivity contribution in [3.05, 3.63) is 35.4 Å². The van der Waals surface area contributed by atoms with E-state index in [0.717, 1.165) is 54.1 Å². The van der Waals surface area contributed by atoms with Crippen molar-refractivity contribution < 1.29 is 5.11 Å². The number of rotatable bonds is 5. The predicted octanol–water partition coefficient (Wildman–Crippen LogP) is 4.54. The number of aromatic nitrogens is 1. The van der Waals surface area contributed by atoms with Gasteiger partial charge in [0, 0.05) is 24.5 Å². The number of anilines is 1. The normalized spacial score (nSPS) is 23.3. The summed E-state index contributed by atoms with van der Waals surface area (Å²) in [5, 5.41) is 21.2. The summed E-state index contributed by atoms with van der Waals surface area (Å²) in [5.41, 5.74) is 3.55. The van der Waals surface area contributed by atoms with Crippen LogP contribution in [0, 0.1) is 23.7 Å². The molecule has 176 valence electrons. The van der Waals surface area contributed by atoms with Gasteiger partial charge >= 0.3 is 5.90 Å². The first kappa shape index (κ1) is 22.3. The fraction of sp³-hybridized carbons (Fsp3) is 0.593. The molecule has 2 heterocycles. The van der Waals surface area contributed by atoms with Crippen LogP contribution in [0.25, 0.3) is 10.9 Å². The van der Waals surface area contributed by atoms with Gasteiger partial charge in [0.05, 0.1) is 5.52 Å². The Morgan fingerprint density at radius 1 is 1.18 bits per heavy atom. The van der Waals surface area contributed by atoms with Crippen molar-refractivity contribution in [2.24, 2.45) is 16.3 Å². The van der Waals surface area contributed by atoms with Gasteiger partial charge in [0.15, 0.2) is 0 Å². The Morgan fingerprint density at radius 3 is 2.70 bits per heavy atom. The molecule has 2 aromatic rings. The quantitative estimate of drug-likeness (QED) is 0.400. The van der Waals surface area contributed by atoms with Crippen LogP contribution in [0.1, 0.15) is 69.4 Å². The lowest BCUT2D eigenvalue weighted by atomic mass is 9.76. The highest BCUT2D eigenvalue weighted by Gasteiger charge is 2.49. The molecule has 1 atom stereocenters. The average Bonchev–Trinajstić information content (AvgIpc) is 3.57. The van der Waals surface area contributed by atoms with Crippen LogP contribution < -0.4 is 10.2 Å². The Hall–Kier alpha value is -2.47. The number of hydrogen-bond donors (Lipinski definition) is 2. The molecule has 3 aliphatic rings. The molecule has 0 radical (unpaired) electrons. The molecule has 1 spiro atoms. The number of nitrogens with one attached hydrogen (secondary N) is 2. The van der Waals surface area contributed by atoms with E-state index in [1.165, 1.54) is 50.6 Å². The van der Waals surface area contributed by atoms with E-state index in [2.05, 4.69) is 40.3 Å². The number of aliphatic imine (C=N–C) groups is 1. The first-order valence-electron chi connectivity index (χ1n) is 12.7. The van der Waals surface area contributed by atoms with Crippen LogP contribution in [0.5, 0.6) is 0 Å². The van der Waals surface area contributed by atoms with Gasteiger partial charge in [-0.1, -0.05) is 24.5 Å². The van der Waals surface area contributed by atoms with Gasteiger partial charge in [0.25, 0.3) is 0 Å². The van der Waals surface area contributed by atoms with Crippen molar-refractivity contribution in [2.75, 3.05) is 24.5 Å². The number of hydrogen-bond acceptors (Lipinski definition) is 4. The van der Waals surface area contributed by atoms with Gasteiger partial charge in [0.2, 0.25) is 0 Å². The molecule has 33 heavy (non-hydrogen) atoms. The Labute approximate surface area is 197 Å². The summed E-state index contributed by atoms with van der Waals surface area (Å²) in [4.78, 5) is 11.4. The number of nitrogens with zero attached hydrogens (tertiary/aromatic N) is 3. The molecular weight excluding hydrogens is 410 g/mol. The summed E-state index contributed by atoms with van der Waals surface area (Å²) < 4.78 is 0. The first-order valence-corrected chi connectivity index (χ1v) is 12.7. The monoisotopic (exact) mass is 448 g/mol. The second kappa shape index (κ2) is 9.05. The SMILES string of the molecule is CC(=N)N=C([OH2+])c1cc2cc(C)ccc2nc1N1CCC(NCC2CCCCC23CC3)CC1. The zero-order valence-electron chi connectivity index (χ0n) is 20.1. The molecule has 5 rings (SSSR count). The number of amidine groups is 1. The van der Waals surface area contributed by atoms with Crippen molar-refractivity contribution in [3.63, 3.8) is 0 Å². The molecule has 2 saturated carbocycles. The minimum absolute atomic E-state index is 0.126. The molecular formula is C27H38N5O+. The summed E-state index contributed by atoms with van der Waals surface area (Å²) in [7, 11) is 0. The van der Waals surface area contributed by atoms with Gasteiger partial charge in [-0.15, -0.1) is 0 Å². The minimum atomic E-state index is 0.126. The van der Waals surface area contributed by atoms with Crippen molar-refractivity contribution in [1.82, 2.24) is 10.3 Å². The number of benzene rings is 1. The standard InChI is InChI=1S/C27H37N5O/c1-18-6-7-24-20(15-18)16-23(26(33)30-19(2)28)25(31-24)32-13-8-22(9-14-32)29-17-21-5-3-4-10-27(21)11-12-27/h6-7,15-16,21-22,29H,3-5,8-14,17H2,1-2H3,(H2,28,30,33)/p+1. The highest BCUT2D eigenvalue weighted by molar-refractivity contribution is 6.05. The molecule has 6 nitrogen and oxygen atoms in total. The van der Waals surface area contributed by atoms with Crippen molar-refractivity contribution in [2.45, 2.75) is 71.3 Å². The van der Waals surface area contributed by atoms with Crippen LogP contribution in [0.4, 0.5) is 5.82 Å². The van der Waals surface area contributed by atoms with E-state index in [1.54, 1.807) is 6.92 Å². The van der Waals surface area contributed by atoms with Gasteiger partial charge in [-0.2, -0.15) is 4.99 Å². The lowest BCUT2D eigenvalue weighted by Gasteiger charge is -2.37. The second-order valence-electron chi connectivity index (χ2n) is 10.6. The van der Waals surface area contributed by atoms with E-state index in [-0.39, 0.29) is 11.7 Å². The second-order valence-corrected chi connectivity index (χ2v) is 10.6. The van der Waals surface area contributed by atoms with Crippen molar-refractivity contribution in [3.8, 4) is 0 Å². The van der Waals surface area contributed by atoms with Gasteiger partial charge < -0.3 is 15.3 Å². The molecule has 1 aliphatic heterocycles. The van der Waals surface area contributed by atoms with Crippen molar-refractivity contribution in [1.29, 1.82) is 5.41 Å². The lowest BCUT2D eigenvalue weighted by molar-refractivity contribution is 0.198. The maximum atomic E-state index is 8.52. The number of piperidine rings is 1. The third-order valence-electron chi connectivity index (χ3n) is 8.17. The molecule has 1 aromatic carbocycles. The van der Waals surface area contributed by atoms with Crippen LogP contribution in [0.3, 0.4) is 0 Å². The van der Waals surface area contributed by atoms with Crippen LogP contribution in [0.2, 0.25) is 0 Å². The third kappa shape index (κ3) is 4.77. The van der Waals surface area contributed by atoms with Gasteiger partial charge in [-0.3, -0.25) is 5.41 Å². The molecule has 1 saturated heterocycles. The Morgan fingerprint density at radius 2 is 1.97 bits per heavy atom. The van der Waals surface area contributed by atoms with E-state index in [4.69, 9.17) is 15.5 Å². The zero-order valence-corrected chi connectivity index (χ0v) is 20.1. The maximum absolute atomic E-state index is 8.52. The minimum Gasteiger partial charge on any atom is -0.578 e. The molecule has 1 unspecified atom stereocenters. The summed E-state index contributed by atoms with van der Waals surface area (Å²) >= 11 is 0. The molecule has 2 aliphatic carbocycles. The molecule has 1 aromatic heterocycles. The zero-order chi connectivity index (χ0) is 23.0. The highest BCUT2D eigenvalue weighted by atomic mass is 16.3. The van der Waals surface area contributed by atoms with Crippen molar-refractivity contribution >= 4 is 28.5 Å². The topological polar surface area (TPSA) is 87.3 Å². The smallest absolute Gasteiger partial charge is 0.369 e. The molecule has 3 fully saturated rings. The first-order chi connectivity index (χ1) is 15.9. The van der Waals surface area contributed by atoms with Gasteiger partial charge in [0.1, 0.15) is 17.2 Å². The van der Waals surface area contributed by atoms with Crippen LogP contribution in [-0.2, 0) is 0 Å². The van der Waals surface area contributed by atoms with Crippen LogP contribution in [0.15, 0.2) is 29.3 Å². The van der Waals surface area contributed by atoms with E-state index in [0.29, 0.717) is 11.5 Å². The Balaban J connectivity index is 1.30. The summed E-state index contributed by atoms with van der Waals surface area (Å²) in [6, 6.07) is 8.85. The van der Waals surface area contributed by atoms with E-state index < -0.39 is 0 Å². The number of pyridine rings is 1. The summed E-state index contributed by atoms with van der Waals surface area (Å²) in [5.74, 6) is 1.99. The van der Waals surface area contributed by atoms with E-state index in [9.17, 15) is 0 Å². The number of fused-ring (bicyclic) bond motifs is 1. The lowest BCUT2D eigenvalue weighted by Crippen LogP contribution is -2.45. The highest BCUT2D eigenvalue weighted by Crippen LogP contribution is 2.59. The number of aryl methyl sites for hydroxylation is 1. The van der Waals surface area contributed by atoms with Gasteiger partial charge in [-0.25, -0.2) is 4.98 Å². The van der Waals surface area contributed by atoms with Crippen LogP contribution >= 0.6 is 0 Å². The van der Waals surface area contributed by atoms with E-state index >= 15 is 0 Å². The van der Waals surface area contributed by atoms with E-state index in [1.807, 2.05) is 6.07 Å².